The van der Waals surface area contributed by atoms with Crippen LogP contribution in [-0.2, 0) is 0 Å². The van der Waals surface area contributed by atoms with E-state index in [9.17, 15) is 14.0 Å². The van der Waals surface area contributed by atoms with Crippen molar-refractivity contribution in [3.8, 4) is 0 Å². The predicted octanol–water partition coefficient (Wildman–Crippen LogP) is 3.45. The summed E-state index contributed by atoms with van der Waals surface area (Å²) < 4.78 is 14.1. The molecule has 0 spiro atoms. The van der Waals surface area contributed by atoms with Crippen LogP contribution in [0.1, 0.15) is 32.7 Å². The number of aryl methyl sites for hydroxylation is 1. The molecule has 2 rings (SSSR count). The zero-order valence-electron chi connectivity index (χ0n) is 13.2. The number of carbonyl (C=O) groups excluding carboxylic acids is 2. The van der Waals surface area contributed by atoms with Gasteiger partial charge in [-0.3, -0.25) is 9.59 Å². The third kappa shape index (κ3) is 5.16. The van der Waals surface area contributed by atoms with Gasteiger partial charge < -0.3 is 10.6 Å². The van der Waals surface area contributed by atoms with Crippen LogP contribution in [0.25, 0.3) is 0 Å². The number of benzene rings is 2. The summed E-state index contributed by atoms with van der Waals surface area (Å²) in [7, 11) is 0. The molecule has 0 heterocycles. The fraction of sp³-hybridized carbons (Fsp3) is 0.222. The quantitative estimate of drug-likeness (QED) is 0.739. The highest BCUT2D eigenvalue weighted by atomic mass is 79.9. The van der Waals surface area contributed by atoms with Gasteiger partial charge in [0, 0.05) is 28.7 Å². The molecule has 0 saturated carbocycles. The number of hydrogen-bond donors (Lipinski definition) is 2. The van der Waals surface area contributed by atoms with Crippen LogP contribution in [0.4, 0.5) is 4.39 Å². The van der Waals surface area contributed by atoms with E-state index in [1.165, 1.54) is 18.2 Å². The average Bonchev–Trinajstić information content (AvgIpc) is 2.57. The number of rotatable bonds is 6. The second-order valence-electron chi connectivity index (χ2n) is 5.34. The van der Waals surface area contributed by atoms with Crippen molar-refractivity contribution in [3.63, 3.8) is 0 Å². The highest BCUT2D eigenvalue weighted by Crippen LogP contribution is 2.10. The maximum atomic E-state index is 13.2. The van der Waals surface area contributed by atoms with Crippen molar-refractivity contribution in [1.82, 2.24) is 10.6 Å². The maximum absolute atomic E-state index is 13.2. The van der Waals surface area contributed by atoms with E-state index in [0.717, 1.165) is 4.47 Å². The molecule has 6 heteroatoms. The van der Waals surface area contributed by atoms with Crippen LogP contribution in [0.5, 0.6) is 0 Å². The monoisotopic (exact) mass is 392 g/mol. The number of hydrogen-bond acceptors (Lipinski definition) is 2. The van der Waals surface area contributed by atoms with Crippen LogP contribution >= 0.6 is 15.9 Å². The third-order valence-corrected chi connectivity index (χ3v) is 3.98. The molecule has 0 fully saturated rings. The highest BCUT2D eigenvalue weighted by Gasteiger charge is 2.07. The fourth-order valence-electron chi connectivity index (χ4n) is 2.08. The van der Waals surface area contributed by atoms with Gasteiger partial charge in [0.25, 0.3) is 11.8 Å². The SMILES string of the molecule is Cc1cc(C(=O)NCCCNC(=O)c2ccc(Br)cc2)ccc1F. The summed E-state index contributed by atoms with van der Waals surface area (Å²) in [4.78, 5) is 23.8. The van der Waals surface area contributed by atoms with E-state index in [1.54, 1.807) is 31.2 Å². The standard InChI is InChI=1S/C18H18BrFN2O2/c1-12-11-14(5-8-16(12)20)18(24)22-10-2-9-21-17(23)13-3-6-15(19)7-4-13/h3-8,11H,2,9-10H2,1H3,(H,21,23)(H,22,24). The van der Waals surface area contributed by atoms with Crippen molar-refractivity contribution < 1.29 is 14.0 Å². The van der Waals surface area contributed by atoms with Gasteiger partial charge in [0.05, 0.1) is 0 Å². The predicted molar refractivity (Wildman–Crippen MR) is 94.6 cm³/mol. The minimum atomic E-state index is -0.331. The lowest BCUT2D eigenvalue weighted by Gasteiger charge is -2.08. The number of halogens is 2. The summed E-state index contributed by atoms with van der Waals surface area (Å²) in [5.41, 5.74) is 1.45. The normalized spacial score (nSPS) is 10.3. The Labute approximate surface area is 148 Å². The van der Waals surface area contributed by atoms with E-state index < -0.39 is 0 Å². The average molecular weight is 393 g/mol. The molecule has 0 atom stereocenters. The molecule has 2 N–H and O–H groups in total. The van der Waals surface area contributed by atoms with Gasteiger partial charge >= 0.3 is 0 Å². The molecule has 0 aliphatic rings. The van der Waals surface area contributed by atoms with Crippen molar-refractivity contribution in [1.29, 1.82) is 0 Å². The molecule has 0 unspecified atom stereocenters. The molecular formula is C18H18BrFN2O2. The van der Waals surface area contributed by atoms with E-state index in [4.69, 9.17) is 0 Å². The lowest BCUT2D eigenvalue weighted by atomic mass is 10.1. The fourth-order valence-corrected chi connectivity index (χ4v) is 2.35. The molecule has 126 valence electrons. The Bertz CT molecular complexity index is 732. The van der Waals surface area contributed by atoms with Gasteiger partial charge in [-0.2, -0.15) is 0 Å². The van der Waals surface area contributed by atoms with Crippen LogP contribution in [0.2, 0.25) is 0 Å². The summed E-state index contributed by atoms with van der Waals surface area (Å²) in [6.07, 6.45) is 0.605. The third-order valence-electron chi connectivity index (χ3n) is 3.45. The van der Waals surface area contributed by atoms with Crippen LogP contribution in [0, 0.1) is 12.7 Å². The second-order valence-corrected chi connectivity index (χ2v) is 6.25. The summed E-state index contributed by atoms with van der Waals surface area (Å²) in [6, 6.07) is 11.3. The Kier molecular flexibility index (Phi) is 6.49. The first-order valence-corrected chi connectivity index (χ1v) is 8.35. The molecule has 2 aromatic carbocycles. The first-order valence-electron chi connectivity index (χ1n) is 7.55. The molecule has 0 aromatic heterocycles. The number of amides is 2. The van der Waals surface area contributed by atoms with Crippen LogP contribution in [0.3, 0.4) is 0 Å². The van der Waals surface area contributed by atoms with Gasteiger partial charge in [0.1, 0.15) is 5.82 Å². The number of nitrogens with one attached hydrogen (secondary N) is 2. The molecule has 0 aliphatic heterocycles. The molecule has 2 aromatic rings. The Morgan fingerprint density at radius 2 is 1.50 bits per heavy atom. The first kappa shape index (κ1) is 18.1. The summed E-state index contributed by atoms with van der Waals surface area (Å²) >= 11 is 3.32. The summed E-state index contributed by atoms with van der Waals surface area (Å²) in [6.45, 7) is 2.50. The Morgan fingerprint density at radius 1 is 0.958 bits per heavy atom. The molecule has 0 bridgehead atoms. The molecule has 2 amide bonds. The van der Waals surface area contributed by atoms with Crippen LogP contribution < -0.4 is 10.6 Å². The molecule has 0 saturated heterocycles. The van der Waals surface area contributed by atoms with Gasteiger partial charge in [0.15, 0.2) is 0 Å². The zero-order chi connectivity index (χ0) is 17.5. The first-order chi connectivity index (χ1) is 11.5. The van der Waals surface area contributed by atoms with E-state index >= 15 is 0 Å². The van der Waals surface area contributed by atoms with E-state index in [-0.39, 0.29) is 17.6 Å². The Balaban J connectivity index is 1.70. The second kappa shape index (κ2) is 8.59. The number of carbonyl (C=O) groups is 2. The molecule has 24 heavy (non-hydrogen) atoms. The maximum Gasteiger partial charge on any atom is 0.251 e. The van der Waals surface area contributed by atoms with Crippen molar-refractivity contribution in [2.75, 3.05) is 13.1 Å². The summed E-state index contributed by atoms with van der Waals surface area (Å²) in [5, 5.41) is 5.54. The highest BCUT2D eigenvalue weighted by molar-refractivity contribution is 9.10. The van der Waals surface area contributed by atoms with Crippen molar-refractivity contribution >= 4 is 27.7 Å². The van der Waals surface area contributed by atoms with E-state index in [1.807, 2.05) is 0 Å². The molecule has 0 aliphatic carbocycles. The van der Waals surface area contributed by atoms with Crippen molar-refractivity contribution in [2.45, 2.75) is 13.3 Å². The molecule has 4 nitrogen and oxygen atoms in total. The van der Waals surface area contributed by atoms with Crippen molar-refractivity contribution in [2.24, 2.45) is 0 Å². The van der Waals surface area contributed by atoms with Gasteiger partial charge in [-0.25, -0.2) is 4.39 Å². The van der Waals surface area contributed by atoms with E-state index in [0.29, 0.717) is 36.2 Å². The van der Waals surface area contributed by atoms with E-state index in [2.05, 4.69) is 26.6 Å². The zero-order valence-corrected chi connectivity index (χ0v) is 14.8. The van der Waals surface area contributed by atoms with Gasteiger partial charge in [-0.1, -0.05) is 15.9 Å². The van der Waals surface area contributed by atoms with Crippen LogP contribution in [0.15, 0.2) is 46.9 Å². The topological polar surface area (TPSA) is 58.2 Å². The van der Waals surface area contributed by atoms with Gasteiger partial charge in [-0.05, 0) is 61.4 Å². The molecular weight excluding hydrogens is 375 g/mol. The van der Waals surface area contributed by atoms with Gasteiger partial charge in [-0.15, -0.1) is 0 Å². The Hall–Kier alpha value is -2.21. The minimum Gasteiger partial charge on any atom is -0.352 e. The van der Waals surface area contributed by atoms with Crippen molar-refractivity contribution in [3.05, 3.63) is 69.4 Å². The Morgan fingerprint density at radius 3 is 2.08 bits per heavy atom. The lowest BCUT2D eigenvalue weighted by molar-refractivity contribution is 0.0951. The lowest BCUT2D eigenvalue weighted by Crippen LogP contribution is -2.29. The molecule has 0 radical (unpaired) electrons. The van der Waals surface area contributed by atoms with Crippen LogP contribution in [-0.4, -0.2) is 24.9 Å². The largest absolute Gasteiger partial charge is 0.352 e. The van der Waals surface area contributed by atoms with Gasteiger partial charge in [0.2, 0.25) is 0 Å². The minimum absolute atomic E-state index is 0.150. The summed E-state index contributed by atoms with van der Waals surface area (Å²) in [5.74, 6) is -0.734. The smallest absolute Gasteiger partial charge is 0.251 e.